The maximum absolute atomic E-state index is 10.4. The maximum Gasteiger partial charge on any atom is 0.363 e. The van der Waals surface area contributed by atoms with Crippen LogP contribution in [0.4, 0.5) is 11.5 Å². The number of hydrogen-bond acceptors (Lipinski definition) is 7. The summed E-state index contributed by atoms with van der Waals surface area (Å²) < 4.78 is 4.15. The van der Waals surface area contributed by atoms with Crippen LogP contribution < -0.4 is 10.2 Å². The highest BCUT2D eigenvalue weighted by atomic mass is 16.6. The highest BCUT2D eigenvalue weighted by Crippen LogP contribution is 2.16. The minimum Gasteiger partial charge on any atom is -0.468 e. The largest absolute Gasteiger partial charge is 0.468 e. The molecule has 1 saturated heterocycles. The van der Waals surface area contributed by atoms with E-state index in [0.29, 0.717) is 13.1 Å². The van der Waals surface area contributed by atoms with E-state index in [9.17, 15) is 14.9 Å². The molecule has 1 aromatic rings. The molecule has 0 saturated carbocycles. The molecule has 8 nitrogen and oxygen atoms in total. The summed E-state index contributed by atoms with van der Waals surface area (Å²) in [6.07, 6.45) is 1.56. The van der Waals surface area contributed by atoms with Crippen LogP contribution in [-0.4, -0.2) is 49.2 Å². The molecule has 8 heteroatoms. The number of pyridine rings is 1. The first kappa shape index (κ1) is 15.8. The van der Waals surface area contributed by atoms with Gasteiger partial charge in [-0.25, -0.2) is 0 Å². The summed E-state index contributed by atoms with van der Waals surface area (Å²) >= 11 is 0. The van der Waals surface area contributed by atoms with Crippen molar-refractivity contribution in [3.05, 3.63) is 28.4 Å². The van der Waals surface area contributed by atoms with Crippen molar-refractivity contribution in [3.63, 3.8) is 0 Å². The molecule has 20 heavy (non-hydrogen) atoms. The maximum atomic E-state index is 10.4. The van der Waals surface area contributed by atoms with Gasteiger partial charge in [0.15, 0.2) is 6.20 Å². The van der Waals surface area contributed by atoms with Crippen molar-refractivity contribution in [2.45, 2.75) is 6.92 Å². The summed E-state index contributed by atoms with van der Waals surface area (Å²) in [6.45, 7) is 6.38. The van der Waals surface area contributed by atoms with E-state index >= 15 is 0 Å². The molecular formula is C12H18N4O4. The van der Waals surface area contributed by atoms with Gasteiger partial charge in [0.2, 0.25) is 0 Å². The predicted molar refractivity (Wildman–Crippen MR) is 73.7 cm³/mol. The van der Waals surface area contributed by atoms with Gasteiger partial charge >= 0.3 is 5.82 Å². The van der Waals surface area contributed by atoms with Crippen LogP contribution in [-0.2, 0) is 9.53 Å². The molecular weight excluding hydrogens is 264 g/mol. The van der Waals surface area contributed by atoms with Crippen molar-refractivity contribution >= 4 is 18.0 Å². The molecule has 0 bridgehead atoms. The molecule has 1 aromatic heterocycles. The lowest BCUT2D eigenvalue weighted by Crippen LogP contribution is -2.43. The lowest BCUT2D eigenvalue weighted by molar-refractivity contribution is -0.389. The molecule has 2 rings (SSSR count). The van der Waals surface area contributed by atoms with Gasteiger partial charge in [0, 0.05) is 32.2 Å². The molecule has 1 fully saturated rings. The number of nitrogens with one attached hydrogen (secondary N) is 1. The third-order valence-electron chi connectivity index (χ3n) is 2.64. The van der Waals surface area contributed by atoms with Crippen molar-refractivity contribution in [1.82, 2.24) is 10.3 Å². The Morgan fingerprint density at radius 1 is 1.50 bits per heavy atom. The van der Waals surface area contributed by atoms with Crippen molar-refractivity contribution in [3.8, 4) is 0 Å². The zero-order valence-corrected chi connectivity index (χ0v) is 11.3. The van der Waals surface area contributed by atoms with Crippen LogP contribution in [0.15, 0.2) is 18.3 Å². The number of nitrogens with zero attached hydrogens (tertiary/aromatic N) is 3. The summed E-state index contributed by atoms with van der Waals surface area (Å²) in [5.74, 6) is -0.103. The minimum atomic E-state index is -0.485. The molecule has 0 aliphatic carbocycles. The standard InChI is InChI=1S/C9H12N4O2.C3H6O2/c14-13(15)9-2-1-8(7-11-9)12-5-3-10-4-6-12;1-2-5-3-4/h1-2,7,10H,3-6H2;3H,2H2,1H3. The molecule has 1 aliphatic heterocycles. The fraction of sp³-hybridized carbons (Fsp3) is 0.500. The second kappa shape index (κ2) is 8.81. The van der Waals surface area contributed by atoms with Crippen molar-refractivity contribution < 1.29 is 14.5 Å². The van der Waals surface area contributed by atoms with Crippen LogP contribution in [0, 0.1) is 10.1 Å². The Labute approximate surface area is 116 Å². The van der Waals surface area contributed by atoms with E-state index in [-0.39, 0.29) is 5.82 Å². The lowest BCUT2D eigenvalue weighted by atomic mass is 10.3. The number of anilines is 1. The van der Waals surface area contributed by atoms with Gasteiger partial charge in [-0.2, -0.15) is 0 Å². The average Bonchev–Trinajstić information content (AvgIpc) is 2.50. The first-order valence-electron chi connectivity index (χ1n) is 6.30. The SMILES string of the molecule is CCOC=O.O=[N+]([O-])c1ccc(N2CCNCC2)cn1. The predicted octanol–water partition coefficient (Wildman–Crippen LogP) is 0.579. The number of nitro groups is 1. The molecule has 0 amide bonds. The fourth-order valence-corrected chi connectivity index (χ4v) is 1.66. The molecule has 1 aliphatic rings. The molecule has 0 radical (unpaired) electrons. The molecule has 0 atom stereocenters. The molecule has 0 unspecified atom stereocenters. The molecule has 0 spiro atoms. The zero-order valence-electron chi connectivity index (χ0n) is 11.3. The van der Waals surface area contributed by atoms with E-state index in [1.54, 1.807) is 19.2 Å². The number of ether oxygens (including phenoxy) is 1. The number of aromatic nitrogens is 1. The summed E-state index contributed by atoms with van der Waals surface area (Å²) in [5.41, 5.74) is 0.946. The number of hydrogen-bond donors (Lipinski definition) is 1. The minimum absolute atomic E-state index is 0.103. The van der Waals surface area contributed by atoms with E-state index in [4.69, 9.17) is 0 Å². The van der Waals surface area contributed by atoms with Gasteiger partial charge in [0.05, 0.1) is 12.3 Å². The van der Waals surface area contributed by atoms with Gasteiger partial charge < -0.3 is 25.1 Å². The van der Waals surface area contributed by atoms with Crippen LogP contribution in [0.3, 0.4) is 0 Å². The van der Waals surface area contributed by atoms with E-state index in [1.807, 2.05) is 0 Å². The molecule has 1 N–H and O–H groups in total. The summed E-state index contributed by atoms with van der Waals surface area (Å²) in [6, 6.07) is 3.19. The number of carbonyl (C=O) groups excluding carboxylic acids is 1. The monoisotopic (exact) mass is 282 g/mol. The third kappa shape index (κ3) is 5.19. The molecule has 0 aromatic carbocycles. The Morgan fingerprint density at radius 2 is 2.20 bits per heavy atom. The number of rotatable bonds is 4. The fourth-order valence-electron chi connectivity index (χ4n) is 1.66. The highest BCUT2D eigenvalue weighted by Gasteiger charge is 2.13. The van der Waals surface area contributed by atoms with Crippen LogP contribution in [0.1, 0.15) is 6.92 Å². The Bertz CT molecular complexity index is 418. The van der Waals surface area contributed by atoms with Gasteiger partial charge in [0.25, 0.3) is 6.47 Å². The van der Waals surface area contributed by atoms with Crippen molar-refractivity contribution in [1.29, 1.82) is 0 Å². The van der Waals surface area contributed by atoms with Gasteiger partial charge in [-0.15, -0.1) is 0 Å². The Balaban J connectivity index is 0.000000347. The summed E-state index contributed by atoms with van der Waals surface area (Å²) in [7, 11) is 0. The van der Waals surface area contributed by atoms with Crippen LogP contribution in [0.2, 0.25) is 0 Å². The van der Waals surface area contributed by atoms with Gasteiger partial charge in [-0.05, 0) is 22.9 Å². The van der Waals surface area contributed by atoms with E-state index < -0.39 is 4.92 Å². The van der Waals surface area contributed by atoms with Crippen LogP contribution in [0.5, 0.6) is 0 Å². The summed E-state index contributed by atoms with van der Waals surface area (Å²) in [4.78, 5) is 25.1. The van der Waals surface area contributed by atoms with Gasteiger partial charge in [-0.1, -0.05) is 0 Å². The Hall–Kier alpha value is -2.22. The highest BCUT2D eigenvalue weighted by molar-refractivity contribution is 5.46. The normalized spacial score (nSPS) is 13.9. The van der Waals surface area contributed by atoms with Gasteiger partial charge in [0.1, 0.15) is 0 Å². The smallest absolute Gasteiger partial charge is 0.363 e. The lowest BCUT2D eigenvalue weighted by Gasteiger charge is -2.28. The Kier molecular flexibility index (Phi) is 6.97. The number of piperazine rings is 1. The first-order valence-corrected chi connectivity index (χ1v) is 6.30. The summed E-state index contributed by atoms with van der Waals surface area (Å²) in [5, 5.41) is 13.7. The second-order valence-electron chi connectivity index (χ2n) is 3.92. The van der Waals surface area contributed by atoms with Crippen LogP contribution >= 0.6 is 0 Å². The van der Waals surface area contributed by atoms with E-state index in [1.165, 1.54) is 6.07 Å². The first-order chi connectivity index (χ1) is 9.69. The van der Waals surface area contributed by atoms with Crippen molar-refractivity contribution in [2.24, 2.45) is 0 Å². The average molecular weight is 282 g/mol. The molecule has 2 heterocycles. The zero-order chi connectivity index (χ0) is 14.8. The quantitative estimate of drug-likeness (QED) is 0.490. The van der Waals surface area contributed by atoms with E-state index in [0.717, 1.165) is 31.9 Å². The Morgan fingerprint density at radius 3 is 2.60 bits per heavy atom. The van der Waals surface area contributed by atoms with Crippen molar-refractivity contribution in [2.75, 3.05) is 37.7 Å². The second-order valence-corrected chi connectivity index (χ2v) is 3.92. The number of carbonyl (C=O) groups is 1. The topological polar surface area (TPSA) is 97.6 Å². The third-order valence-corrected chi connectivity index (χ3v) is 2.64. The van der Waals surface area contributed by atoms with Gasteiger partial charge in [-0.3, -0.25) is 4.79 Å². The molecule has 110 valence electrons. The van der Waals surface area contributed by atoms with Crippen LogP contribution in [0.25, 0.3) is 0 Å². The van der Waals surface area contributed by atoms with E-state index in [2.05, 4.69) is 19.9 Å².